The van der Waals surface area contributed by atoms with Crippen LogP contribution in [-0.4, -0.2) is 84.9 Å². The third kappa shape index (κ3) is 5.19. The highest BCUT2D eigenvalue weighted by Crippen LogP contribution is 2.38. The number of amides is 2. The van der Waals surface area contributed by atoms with Crippen LogP contribution in [0.3, 0.4) is 0 Å². The summed E-state index contributed by atoms with van der Waals surface area (Å²) in [6.07, 6.45) is 6.59. The van der Waals surface area contributed by atoms with Crippen molar-refractivity contribution in [3.8, 4) is 11.1 Å². The number of carbonyl (C=O) groups is 3. The SMILES string of the molecule is O=C(O)CN1CCN(c2ccc(-c3cc(F)c4c(c3)C(=O)N(C(C(=O)Nc3nccs3)c3ncn5c3CCC5)C4)cn2)CC1. The molecule has 0 radical (unpaired) electrons. The molecule has 44 heavy (non-hydrogen) atoms. The zero-order chi connectivity index (χ0) is 30.4. The zero-order valence-corrected chi connectivity index (χ0v) is 24.5. The molecule has 3 aliphatic rings. The van der Waals surface area contributed by atoms with Crippen LogP contribution in [0.15, 0.2) is 48.4 Å². The molecule has 2 N–H and O–H groups in total. The number of aliphatic carboxylic acids is 1. The predicted molar refractivity (Wildman–Crippen MR) is 160 cm³/mol. The summed E-state index contributed by atoms with van der Waals surface area (Å²) >= 11 is 1.27. The highest BCUT2D eigenvalue weighted by molar-refractivity contribution is 7.13. The third-order valence-corrected chi connectivity index (χ3v) is 9.11. The molecule has 1 fully saturated rings. The second kappa shape index (κ2) is 11.4. The van der Waals surface area contributed by atoms with Crippen LogP contribution < -0.4 is 10.2 Å². The molecule has 226 valence electrons. The van der Waals surface area contributed by atoms with Crippen molar-refractivity contribution < 1.29 is 23.9 Å². The normalized spacial score (nSPS) is 17.1. The molecule has 1 unspecified atom stereocenters. The maximum Gasteiger partial charge on any atom is 0.317 e. The Kier molecular flexibility index (Phi) is 7.30. The van der Waals surface area contributed by atoms with Crippen LogP contribution in [0.2, 0.25) is 0 Å². The Balaban J connectivity index is 1.14. The fourth-order valence-electron chi connectivity index (χ4n) is 6.24. The molecule has 3 aromatic heterocycles. The Hall–Kier alpha value is -4.69. The number of hydrogen-bond acceptors (Lipinski definition) is 9. The molecule has 12 nitrogen and oxygen atoms in total. The van der Waals surface area contributed by atoms with E-state index in [1.165, 1.54) is 22.3 Å². The smallest absolute Gasteiger partial charge is 0.317 e. The van der Waals surface area contributed by atoms with E-state index in [9.17, 15) is 14.4 Å². The number of halogens is 1. The Bertz CT molecular complexity index is 1730. The number of anilines is 2. The number of nitrogens with zero attached hydrogens (tertiary/aromatic N) is 7. The molecule has 3 aliphatic heterocycles. The van der Waals surface area contributed by atoms with Gasteiger partial charge in [0.1, 0.15) is 11.6 Å². The first-order chi connectivity index (χ1) is 21.4. The number of imidazole rings is 1. The average molecular weight is 617 g/mol. The summed E-state index contributed by atoms with van der Waals surface area (Å²) < 4.78 is 17.6. The number of rotatable bonds is 8. The number of hydrogen-bond donors (Lipinski definition) is 2. The molecule has 2 amide bonds. The van der Waals surface area contributed by atoms with Crippen molar-refractivity contribution in [3.05, 3.63) is 76.7 Å². The highest BCUT2D eigenvalue weighted by Gasteiger charge is 2.42. The summed E-state index contributed by atoms with van der Waals surface area (Å²) in [6.45, 7) is 3.28. The fraction of sp³-hybridized carbons (Fsp3) is 0.333. The van der Waals surface area contributed by atoms with Gasteiger partial charge in [-0.3, -0.25) is 24.6 Å². The van der Waals surface area contributed by atoms with Gasteiger partial charge >= 0.3 is 5.97 Å². The van der Waals surface area contributed by atoms with Gasteiger partial charge in [0.2, 0.25) is 0 Å². The Morgan fingerprint density at radius 2 is 1.91 bits per heavy atom. The first kappa shape index (κ1) is 28.1. The first-order valence-corrected chi connectivity index (χ1v) is 15.3. The van der Waals surface area contributed by atoms with Gasteiger partial charge in [0, 0.05) is 72.9 Å². The molecular formula is C30H29FN8O4S. The number of fused-ring (bicyclic) bond motifs is 2. The second-order valence-electron chi connectivity index (χ2n) is 11.1. The van der Waals surface area contributed by atoms with Gasteiger partial charge in [-0.25, -0.2) is 19.3 Å². The van der Waals surface area contributed by atoms with Crippen LogP contribution in [0.25, 0.3) is 11.1 Å². The number of carboxylic acid groups (broad SMARTS) is 1. The number of carboxylic acids is 1. The minimum absolute atomic E-state index is 0.0158. The number of thiazole rings is 1. The van der Waals surface area contributed by atoms with Gasteiger partial charge in [0.15, 0.2) is 11.2 Å². The number of aromatic nitrogens is 4. The summed E-state index contributed by atoms with van der Waals surface area (Å²) in [5.41, 5.74) is 3.02. The summed E-state index contributed by atoms with van der Waals surface area (Å²) in [7, 11) is 0. The van der Waals surface area contributed by atoms with E-state index in [0.717, 1.165) is 30.9 Å². The van der Waals surface area contributed by atoms with Crippen molar-refractivity contribution in [2.75, 3.05) is 42.9 Å². The third-order valence-electron chi connectivity index (χ3n) is 8.42. The van der Waals surface area contributed by atoms with Crippen molar-refractivity contribution in [1.82, 2.24) is 29.3 Å². The number of benzene rings is 1. The van der Waals surface area contributed by atoms with E-state index >= 15 is 4.39 Å². The van der Waals surface area contributed by atoms with E-state index in [2.05, 4.69) is 25.2 Å². The van der Waals surface area contributed by atoms with E-state index in [4.69, 9.17) is 5.11 Å². The van der Waals surface area contributed by atoms with Gasteiger partial charge in [-0.15, -0.1) is 11.3 Å². The van der Waals surface area contributed by atoms with Gasteiger partial charge in [-0.1, -0.05) is 0 Å². The molecule has 6 heterocycles. The van der Waals surface area contributed by atoms with Gasteiger partial charge in [0.25, 0.3) is 11.8 Å². The van der Waals surface area contributed by atoms with Gasteiger partial charge in [0.05, 0.1) is 25.1 Å². The van der Waals surface area contributed by atoms with Crippen LogP contribution in [-0.2, 0) is 29.1 Å². The number of aryl methyl sites for hydroxylation is 1. The summed E-state index contributed by atoms with van der Waals surface area (Å²) in [5, 5.41) is 14.0. The minimum atomic E-state index is -1.05. The van der Waals surface area contributed by atoms with Crippen molar-refractivity contribution in [3.63, 3.8) is 0 Å². The van der Waals surface area contributed by atoms with E-state index in [-0.39, 0.29) is 24.2 Å². The van der Waals surface area contributed by atoms with E-state index in [1.807, 2.05) is 21.6 Å². The van der Waals surface area contributed by atoms with E-state index in [1.54, 1.807) is 30.2 Å². The lowest BCUT2D eigenvalue weighted by atomic mass is 10.0. The number of nitrogens with one attached hydrogen (secondary N) is 1. The first-order valence-electron chi connectivity index (χ1n) is 14.4. The monoisotopic (exact) mass is 616 g/mol. The topological polar surface area (TPSA) is 137 Å². The molecule has 14 heteroatoms. The highest BCUT2D eigenvalue weighted by atomic mass is 32.1. The molecule has 0 spiro atoms. The average Bonchev–Trinajstić information content (AvgIpc) is 3.82. The van der Waals surface area contributed by atoms with Crippen molar-refractivity contribution in [2.24, 2.45) is 0 Å². The van der Waals surface area contributed by atoms with Crippen LogP contribution in [0, 0.1) is 5.82 Å². The molecule has 1 atom stereocenters. The lowest BCUT2D eigenvalue weighted by Gasteiger charge is -2.34. The van der Waals surface area contributed by atoms with Crippen LogP contribution >= 0.6 is 11.3 Å². The van der Waals surface area contributed by atoms with Crippen molar-refractivity contribution >= 4 is 40.1 Å². The molecule has 4 aromatic rings. The lowest BCUT2D eigenvalue weighted by molar-refractivity contribution is -0.138. The van der Waals surface area contributed by atoms with Crippen LogP contribution in [0.5, 0.6) is 0 Å². The molecule has 7 rings (SSSR count). The molecular weight excluding hydrogens is 587 g/mol. The van der Waals surface area contributed by atoms with Gasteiger partial charge in [-0.05, 0) is 42.7 Å². The fourth-order valence-corrected chi connectivity index (χ4v) is 6.77. The number of carbonyl (C=O) groups excluding carboxylic acids is 2. The largest absolute Gasteiger partial charge is 0.480 e. The number of piperazine rings is 1. The maximum atomic E-state index is 15.6. The Labute approximate surface area is 255 Å². The Morgan fingerprint density at radius 1 is 1.07 bits per heavy atom. The summed E-state index contributed by atoms with van der Waals surface area (Å²) in [5.74, 6) is -1.51. The van der Waals surface area contributed by atoms with Crippen LogP contribution in [0.1, 0.15) is 39.8 Å². The van der Waals surface area contributed by atoms with E-state index < -0.39 is 29.6 Å². The lowest BCUT2D eigenvalue weighted by Crippen LogP contribution is -2.48. The van der Waals surface area contributed by atoms with Gasteiger partial charge < -0.3 is 19.5 Å². The van der Waals surface area contributed by atoms with Crippen LogP contribution in [0.4, 0.5) is 15.3 Å². The number of pyridine rings is 1. The molecule has 0 aliphatic carbocycles. The quantitative estimate of drug-likeness (QED) is 0.306. The molecule has 0 bridgehead atoms. The van der Waals surface area contributed by atoms with Gasteiger partial charge in [-0.2, -0.15) is 0 Å². The van der Waals surface area contributed by atoms with Crippen molar-refractivity contribution in [1.29, 1.82) is 0 Å². The van der Waals surface area contributed by atoms with Crippen molar-refractivity contribution in [2.45, 2.75) is 32.0 Å². The summed E-state index contributed by atoms with van der Waals surface area (Å²) in [6, 6.07) is 5.70. The Morgan fingerprint density at radius 3 is 2.64 bits per heavy atom. The minimum Gasteiger partial charge on any atom is -0.480 e. The standard InChI is InChI=1S/C30H29FN8O4S/c31-22-13-19(18-3-4-24(33-14-18)37-9-7-36(8-10-37)16-25(40)41)12-20-21(22)15-39(29(20)43)27(28(42)35-30-32-5-11-44-30)26-23-2-1-6-38(23)17-34-26/h3-5,11-14,17,27H,1-2,6-10,15-16H2,(H,40,41)(H,32,35,42). The summed E-state index contributed by atoms with van der Waals surface area (Å²) in [4.78, 5) is 57.2. The zero-order valence-electron chi connectivity index (χ0n) is 23.6. The second-order valence-corrected chi connectivity index (χ2v) is 12.0. The molecule has 0 saturated carbocycles. The molecule has 1 aromatic carbocycles. The predicted octanol–water partition coefficient (Wildman–Crippen LogP) is 3.03. The van der Waals surface area contributed by atoms with E-state index in [0.29, 0.717) is 48.1 Å². The molecule has 1 saturated heterocycles. The maximum absolute atomic E-state index is 15.6.